The number of hydrogen-bond donors (Lipinski definition) is 1. The predicted octanol–water partition coefficient (Wildman–Crippen LogP) is 2.22. The van der Waals surface area contributed by atoms with Crippen molar-refractivity contribution in [1.29, 1.82) is 0 Å². The number of nitrogens with one attached hydrogen (secondary N) is 1. The van der Waals surface area contributed by atoms with Crippen molar-refractivity contribution in [2.45, 2.75) is 51.2 Å². The van der Waals surface area contributed by atoms with Crippen LogP contribution in [0.2, 0.25) is 0 Å². The fourth-order valence-electron chi connectivity index (χ4n) is 4.72. The molecule has 1 aliphatic heterocycles. The minimum Gasteiger partial charge on any atom is -0.478 e. The summed E-state index contributed by atoms with van der Waals surface area (Å²) in [6.07, 6.45) is 5.64. The zero-order valence-corrected chi connectivity index (χ0v) is 16.1. The first-order valence-corrected chi connectivity index (χ1v) is 11.2. The Morgan fingerprint density at radius 3 is 2.69 bits per heavy atom. The minimum absolute atomic E-state index is 0.121. The number of carbonyl (C=O) groups excluding carboxylic acids is 1. The lowest BCUT2D eigenvalue weighted by atomic mass is 9.95. The fraction of sp³-hybridized carbons (Fsp3) is 0.632. The van der Waals surface area contributed by atoms with Gasteiger partial charge in [-0.05, 0) is 55.7 Å². The molecule has 2 fully saturated rings. The normalized spacial score (nSPS) is 30.5. The maximum absolute atomic E-state index is 12.8. The highest BCUT2D eigenvalue weighted by Gasteiger charge is 2.41. The van der Waals surface area contributed by atoms with Crippen molar-refractivity contribution in [2.75, 3.05) is 17.1 Å². The van der Waals surface area contributed by atoms with E-state index in [0.29, 0.717) is 23.8 Å². The van der Waals surface area contributed by atoms with Crippen LogP contribution in [0.1, 0.15) is 37.7 Å². The minimum atomic E-state index is -3.44. The van der Waals surface area contributed by atoms with Gasteiger partial charge in [0.2, 0.25) is 10.0 Å². The third-order valence-electron chi connectivity index (χ3n) is 6.01. The number of rotatable bonds is 3. The molecule has 1 amide bonds. The van der Waals surface area contributed by atoms with Gasteiger partial charge in [-0.25, -0.2) is 8.42 Å². The molecule has 2 bridgehead atoms. The molecule has 26 heavy (non-hydrogen) atoms. The molecule has 1 heterocycles. The number of hydrogen-bond acceptors (Lipinski definition) is 4. The van der Waals surface area contributed by atoms with E-state index in [2.05, 4.69) is 5.32 Å². The lowest BCUT2D eigenvalue weighted by Crippen LogP contribution is -2.46. The van der Waals surface area contributed by atoms with Gasteiger partial charge in [0.25, 0.3) is 5.91 Å². The van der Waals surface area contributed by atoms with Gasteiger partial charge in [-0.2, -0.15) is 0 Å². The van der Waals surface area contributed by atoms with Crippen LogP contribution in [0.5, 0.6) is 5.75 Å². The van der Waals surface area contributed by atoms with Crippen LogP contribution in [0.4, 0.5) is 5.69 Å². The molecule has 0 radical (unpaired) electrons. The summed E-state index contributed by atoms with van der Waals surface area (Å²) in [6, 6.07) is 5.67. The van der Waals surface area contributed by atoms with Gasteiger partial charge < -0.3 is 10.1 Å². The number of amides is 1. The Balaban J connectivity index is 1.54. The fourth-order valence-corrected chi connectivity index (χ4v) is 5.65. The molecule has 0 saturated heterocycles. The van der Waals surface area contributed by atoms with Crippen LogP contribution in [0.15, 0.2) is 18.2 Å². The van der Waals surface area contributed by atoms with Crippen molar-refractivity contribution in [3.8, 4) is 5.75 Å². The molecule has 7 heteroatoms. The zero-order chi connectivity index (χ0) is 18.5. The molecule has 2 aliphatic carbocycles. The topological polar surface area (TPSA) is 75.7 Å². The Morgan fingerprint density at radius 2 is 2.04 bits per heavy atom. The van der Waals surface area contributed by atoms with E-state index in [0.717, 1.165) is 17.9 Å². The third-order valence-corrected chi connectivity index (χ3v) is 7.19. The van der Waals surface area contributed by atoms with E-state index in [1.807, 2.05) is 13.0 Å². The van der Waals surface area contributed by atoms with Crippen LogP contribution >= 0.6 is 0 Å². The highest BCUT2D eigenvalue weighted by atomic mass is 32.2. The molecule has 1 aromatic rings. The Kier molecular flexibility index (Phi) is 4.37. The van der Waals surface area contributed by atoms with Gasteiger partial charge >= 0.3 is 0 Å². The van der Waals surface area contributed by atoms with Gasteiger partial charge in [0.1, 0.15) is 5.75 Å². The first-order valence-electron chi connectivity index (χ1n) is 9.36. The van der Waals surface area contributed by atoms with Crippen LogP contribution in [-0.4, -0.2) is 39.3 Å². The van der Waals surface area contributed by atoms with Crippen LogP contribution in [0.25, 0.3) is 0 Å². The van der Waals surface area contributed by atoms with Crippen molar-refractivity contribution in [3.05, 3.63) is 23.8 Å². The summed E-state index contributed by atoms with van der Waals surface area (Å²) >= 11 is 0. The molecular weight excluding hydrogens is 352 g/mol. The number of ether oxygens (including phenoxy) is 1. The Bertz CT molecular complexity index is 823. The molecule has 1 N–H and O–H groups in total. The molecule has 2 saturated carbocycles. The molecule has 4 rings (SSSR count). The highest BCUT2D eigenvalue weighted by Crippen LogP contribution is 2.44. The summed E-state index contributed by atoms with van der Waals surface area (Å²) in [4.78, 5) is 12.8. The number of carbonyl (C=O) groups is 1. The van der Waals surface area contributed by atoms with E-state index < -0.39 is 16.1 Å². The van der Waals surface area contributed by atoms with Gasteiger partial charge in [0.05, 0.1) is 11.9 Å². The second-order valence-electron chi connectivity index (χ2n) is 7.99. The summed E-state index contributed by atoms with van der Waals surface area (Å²) in [5.74, 6) is 1.68. The second-order valence-corrected chi connectivity index (χ2v) is 9.90. The summed E-state index contributed by atoms with van der Waals surface area (Å²) in [7, 11) is -3.44. The van der Waals surface area contributed by atoms with E-state index in [1.165, 1.54) is 29.8 Å². The summed E-state index contributed by atoms with van der Waals surface area (Å²) in [5.41, 5.74) is 1.47. The standard InChI is InChI=1S/C19H26N2O4S/c1-12-3-6-17-16(9-12)21(26(2,23)24)8-7-18(25-17)19(22)20-15-11-13-4-5-14(15)10-13/h3,6,9,13-15,18H,4-5,7-8,10-11H2,1-2H3,(H,20,22)/t13-,14-,15-,18-/m0/s1. The van der Waals surface area contributed by atoms with Crippen LogP contribution < -0.4 is 14.4 Å². The number of fused-ring (bicyclic) bond motifs is 3. The molecule has 0 spiro atoms. The van der Waals surface area contributed by atoms with Crippen LogP contribution in [0, 0.1) is 18.8 Å². The van der Waals surface area contributed by atoms with E-state index >= 15 is 0 Å². The molecule has 6 nitrogen and oxygen atoms in total. The highest BCUT2D eigenvalue weighted by molar-refractivity contribution is 7.92. The lowest BCUT2D eigenvalue weighted by Gasteiger charge is -2.25. The monoisotopic (exact) mass is 378 g/mol. The molecule has 1 aromatic carbocycles. The van der Waals surface area contributed by atoms with Crippen LogP contribution in [-0.2, 0) is 14.8 Å². The number of nitrogens with zero attached hydrogens (tertiary/aromatic N) is 1. The molecule has 0 aromatic heterocycles. The number of anilines is 1. The van der Waals surface area contributed by atoms with Gasteiger partial charge in [0, 0.05) is 19.0 Å². The van der Waals surface area contributed by atoms with Crippen molar-refractivity contribution in [3.63, 3.8) is 0 Å². The molecule has 3 aliphatic rings. The van der Waals surface area contributed by atoms with Crippen molar-refractivity contribution >= 4 is 21.6 Å². The lowest BCUT2D eigenvalue weighted by molar-refractivity contribution is -0.129. The average Bonchev–Trinajstić information content (AvgIpc) is 3.11. The molecular formula is C19H26N2O4S. The van der Waals surface area contributed by atoms with Gasteiger partial charge in [-0.1, -0.05) is 12.5 Å². The SMILES string of the molecule is Cc1ccc2c(c1)N(S(C)(=O)=O)CC[C@@H](C(=O)N[C@H]1C[C@H]3CC[C@H]1C3)O2. The average molecular weight is 378 g/mol. The molecule has 0 unspecified atom stereocenters. The number of sulfonamides is 1. The smallest absolute Gasteiger partial charge is 0.261 e. The zero-order valence-electron chi connectivity index (χ0n) is 15.3. The summed E-state index contributed by atoms with van der Waals surface area (Å²) in [5, 5.41) is 3.17. The summed E-state index contributed by atoms with van der Waals surface area (Å²) in [6.45, 7) is 2.15. The van der Waals surface area contributed by atoms with Crippen molar-refractivity contribution in [2.24, 2.45) is 11.8 Å². The number of benzene rings is 1. The Hall–Kier alpha value is -1.76. The maximum Gasteiger partial charge on any atom is 0.261 e. The van der Waals surface area contributed by atoms with Gasteiger partial charge in [0.15, 0.2) is 6.10 Å². The van der Waals surface area contributed by atoms with E-state index in [4.69, 9.17) is 4.74 Å². The Labute approximate surface area is 155 Å². The quantitative estimate of drug-likeness (QED) is 0.875. The number of aryl methyl sites for hydroxylation is 1. The predicted molar refractivity (Wildman–Crippen MR) is 99.8 cm³/mol. The Morgan fingerprint density at radius 1 is 1.23 bits per heavy atom. The third kappa shape index (κ3) is 3.29. The van der Waals surface area contributed by atoms with E-state index in [1.54, 1.807) is 12.1 Å². The summed E-state index contributed by atoms with van der Waals surface area (Å²) < 4.78 is 31.8. The van der Waals surface area contributed by atoms with Crippen molar-refractivity contribution in [1.82, 2.24) is 5.32 Å². The van der Waals surface area contributed by atoms with E-state index in [-0.39, 0.29) is 18.5 Å². The van der Waals surface area contributed by atoms with Crippen LogP contribution in [0.3, 0.4) is 0 Å². The first kappa shape index (κ1) is 17.6. The van der Waals surface area contributed by atoms with E-state index in [9.17, 15) is 13.2 Å². The van der Waals surface area contributed by atoms with Gasteiger partial charge in [-0.15, -0.1) is 0 Å². The molecule has 4 atom stereocenters. The largest absolute Gasteiger partial charge is 0.478 e. The second kappa shape index (κ2) is 6.44. The first-order chi connectivity index (χ1) is 12.3. The maximum atomic E-state index is 12.8. The van der Waals surface area contributed by atoms with Crippen molar-refractivity contribution < 1.29 is 17.9 Å². The molecule has 142 valence electrons. The van der Waals surface area contributed by atoms with Gasteiger partial charge in [-0.3, -0.25) is 9.10 Å².